The van der Waals surface area contributed by atoms with Crippen LogP contribution in [0.1, 0.15) is 21.5 Å². The van der Waals surface area contributed by atoms with Crippen LogP contribution >= 0.6 is 23.1 Å². The van der Waals surface area contributed by atoms with Crippen LogP contribution in [-0.4, -0.2) is 24.6 Å². The third kappa shape index (κ3) is 4.89. The molecule has 0 atom stereocenters. The van der Waals surface area contributed by atoms with Gasteiger partial charge >= 0.3 is 0 Å². The van der Waals surface area contributed by atoms with Crippen LogP contribution in [0.15, 0.2) is 41.3 Å². The number of hydrogen-bond donors (Lipinski definition) is 1. The highest BCUT2D eigenvalue weighted by molar-refractivity contribution is 8.00. The molecular formula is C16H17NO3S2. The smallest absolute Gasteiger partial charge is 0.217 e. The summed E-state index contributed by atoms with van der Waals surface area (Å²) in [6.45, 7) is 1.95. The van der Waals surface area contributed by atoms with Crippen molar-refractivity contribution in [1.29, 1.82) is 0 Å². The van der Waals surface area contributed by atoms with Gasteiger partial charge in [0.25, 0.3) is 0 Å². The topological polar surface area (TPSA) is 55.4 Å². The van der Waals surface area contributed by atoms with Gasteiger partial charge in [-0.2, -0.15) is 0 Å². The second-order valence-corrected chi connectivity index (χ2v) is 6.78. The molecule has 0 aliphatic carbocycles. The van der Waals surface area contributed by atoms with E-state index >= 15 is 0 Å². The molecule has 0 unspecified atom stereocenters. The van der Waals surface area contributed by atoms with Gasteiger partial charge < -0.3 is 10.1 Å². The number of thiophene rings is 1. The first kappa shape index (κ1) is 16.6. The summed E-state index contributed by atoms with van der Waals surface area (Å²) >= 11 is 2.93. The molecule has 1 amide bonds. The van der Waals surface area contributed by atoms with Crippen LogP contribution < -0.4 is 10.1 Å². The Morgan fingerprint density at radius 1 is 1.18 bits per heavy atom. The van der Waals surface area contributed by atoms with Crippen LogP contribution in [0, 0.1) is 0 Å². The SMILES string of the molecule is COc1ccc(SCC(=O)c2ccc(CNC(C)=O)s2)cc1. The Labute approximate surface area is 137 Å². The first-order valence-corrected chi connectivity index (χ1v) is 8.52. The summed E-state index contributed by atoms with van der Waals surface area (Å²) in [5, 5.41) is 2.73. The van der Waals surface area contributed by atoms with Crippen molar-refractivity contribution in [3.63, 3.8) is 0 Å². The molecule has 116 valence electrons. The fourth-order valence-corrected chi connectivity index (χ4v) is 3.48. The van der Waals surface area contributed by atoms with E-state index in [4.69, 9.17) is 4.74 Å². The number of Topliss-reactive ketones (excluding diaryl/α,β-unsaturated/α-hetero) is 1. The highest BCUT2D eigenvalue weighted by Gasteiger charge is 2.10. The van der Waals surface area contributed by atoms with Crippen molar-refractivity contribution in [2.75, 3.05) is 12.9 Å². The van der Waals surface area contributed by atoms with Crippen molar-refractivity contribution >= 4 is 34.8 Å². The molecular weight excluding hydrogens is 318 g/mol. The average molecular weight is 335 g/mol. The first-order valence-electron chi connectivity index (χ1n) is 6.71. The minimum absolute atomic E-state index is 0.0728. The number of carbonyl (C=O) groups is 2. The summed E-state index contributed by atoms with van der Waals surface area (Å²) in [6, 6.07) is 11.3. The van der Waals surface area contributed by atoms with Crippen molar-refractivity contribution in [2.45, 2.75) is 18.4 Å². The standard InChI is InChI=1S/C16H17NO3S2/c1-11(18)17-9-14-7-8-16(22-14)15(19)10-21-13-5-3-12(20-2)4-6-13/h3-8H,9-10H2,1-2H3,(H,17,18). The zero-order valence-corrected chi connectivity index (χ0v) is 14.1. The number of ether oxygens (including phenoxy) is 1. The zero-order chi connectivity index (χ0) is 15.9. The van der Waals surface area contributed by atoms with Gasteiger partial charge in [0.05, 0.1) is 24.3 Å². The summed E-state index contributed by atoms with van der Waals surface area (Å²) in [6.07, 6.45) is 0. The molecule has 0 bridgehead atoms. The minimum Gasteiger partial charge on any atom is -0.497 e. The summed E-state index contributed by atoms with van der Waals surface area (Å²) in [5.41, 5.74) is 0. The lowest BCUT2D eigenvalue weighted by Gasteiger charge is -2.02. The van der Waals surface area contributed by atoms with Gasteiger partial charge in [-0.3, -0.25) is 9.59 Å². The number of rotatable bonds is 7. The van der Waals surface area contributed by atoms with Gasteiger partial charge in [0.15, 0.2) is 5.78 Å². The van der Waals surface area contributed by atoms with Crippen molar-refractivity contribution in [3.05, 3.63) is 46.2 Å². The van der Waals surface area contributed by atoms with Gasteiger partial charge in [-0.25, -0.2) is 0 Å². The Balaban J connectivity index is 1.87. The summed E-state index contributed by atoms with van der Waals surface area (Å²) in [7, 11) is 1.63. The van der Waals surface area contributed by atoms with E-state index in [0.29, 0.717) is 12.3 Å². The van der Waals surface area contributed by atoms with E-state index in [0.717, 1.165) is 20.4 Å². The normalized spacial score (nSPS) is 10.3. The Bertz CT molecular complexity index is 650. The number of amides is 1. The largest absolute Gasteiger partial charge is 0.497 e. The number of nitrogens with one attached hydrogen (secondary N) is 1. The van der Waals surface area contributed by atoms with Crippen LogP contribution in [0.5, 0.6) is 5.75 Å². The number of hydrogen-bond acceptors (Lipinski definition) is 5. The van der Waals surface area contributed by atoms with Gasteiger partial charge in [0.1, 0.15) is 5.75 Å². The molecule has 0 saturated carbocycles. The summed E-state index contributed by atoms with van der Waals surface area (Å²) < 4.78 is 5.10. The molecule has 6 heteroatoms. The summed E-state index contributed by atoms with van der Waals surface area (Å²) in [4.78, 5) is 25.8. The average Bonchev–Trinajstić information content (AvgIpc) is 3.00. The third-order valence-corrected chi connectivity index (χ3v) is 5.02. The van der Waals surface area contributed by atoms with Crippen LogP contribution in [0.3, 0.4) is 0 Å². The Morgan fingerprint density at radius 3 is 2.55 bits per heavy atom. The van der Waals surface area contributed by atoms with Crippen molar-refractivity contribution < 1.29 is 14.3 Å². The molecule has 1 N–H and O–H groups in total. The quantitative estimate of drug-likeness (QED) is 0.623. The zero-order valence-electron chi connectivity index (χ0n) is 12.4. The van der Waals surface area contributed by atoms with E-state index in [1.165, 1.54) is 30.0 Å². The van der Waals surface area contributed by atoms with Crippen molar-refractivity contribution in [1.82, 2.24) is 5.32 Å². The van der Waals surface area contributed by atoms with Crippen LogP contribution in [-0.2, 0) is 11.3 Å². The Morgan fingerprint density at radius 2 is 1.91 bits per heavy atom. The first-order chi connectivity index (χ1) is 10.6. The lowest BCUT2D eigenvalue weighted by molar-refractivity contribution is -0.119. The fourth-order valence-electron chi connectivity index (χ4n) is 1.73. The molecule has 0 saturated heterocycles. The molecule has 1 aromatic heterocycles. The third-order valence-electron chi connectivity index (χ3n) is 2.88. The van der Waals surface area contributed by atoms with Crippen molar-refractivity contribution in [3.8, 4) is 5.75 Å². The fraction of sp³-hybridized carbons (Fsp3) is 0.250. The molecule has 1 heterocycles. The lowest BCUT2D eigenvalue weighted by atomic mass is 10.3. The maximum Gasteiger partial charge on any atom is 0.217 e. The molecule has 0 aliphatic heterocycles. The lowest BCUT2D eigenvalue weighted by Crippen LogP contribution is -2.18. The molecule has 22 heavy (non-hydrogen) atoms. The van der Waals surface area contributed by atoms with Gasteiger partial charge in [-0.15, -0.1) is 23.1 Å². The molecule has 4 nitrogen and oxygen atoms in total. The highest BCUT2D eigenvalue weighted by atomic mass is 32.2. The van der Waals surface area contributed by atoms with E-state index in [-0.39, 0.29) is 11.7 Å². The molecule has 0 fully saturated rings. The second-order valence-electron chi connectivity index (χ2n) is 4.56. The van der Waals surface area contributed by atoms with Gasteiger partial charge in [-0.05, 0) is 36.4 Å². The van der Waals surface area contributed by atoms with E-state index in [9.17, 15) is 9.59 Å². The number of benzene rings is 1. The highest BCUT2D eigenvalue weighted by Crippen LogP contribution is 2.24. The Kier molecular flexibility index (Phi) is 6.03. The number of carbonyl (C=O) groups excluding carboxylic acids is 2. The van der Waals surface area contributed by atoms with E-state index < -0.39 is 0 Å². The minimum atomic E-state index is -0.0728. The maximum absolute atomic E-state index is 12.2. The van der Waals surface area contributed by atoms with Gasteiger partial charge in [0, 0.05) is 16.7 Å². The number of thioether (sulfide) groups is 1. The van der Waals surface area contributed by atoms with E-state index in [1.54, 1.807) is 7.11 Å². The molecule has 1 aromatic carbocycles. The van der Waals surface area contributed by atoms with E-state index in [1.807, 2.05) is 36.4 Å². The molecule has 2 rings (SSSR count). The second kappa shape index (κ2) is 8.00. The maximum atomic E-state index is 12.2. The molecule has 0 spiro atoms. The molecule has 0 aliphatic rings. The number of methoxy groups -OCH3 is 1. The van der Waals surface area contributed by atoms with Crippen molar-refractivity contribution in [2.24, 2.45) is 0 Å². The molecule has 2 aromatic rings. The predicted molar refractivity (Wildman–Crippen MR) is 89.9 cm³/mol. The number of ketones is 1. The Hall–Kier alpha value is -1.79. The molecule has 0 radical (unpaired) electrons. The monoisotopic (exact) mass is 335 g/mol. The van der Waals surface area contributed by atoms with Gasteiger partial charge in [-0.1, -0.05) is 0 Å². The van der Waals surface area contributed by atoms with Crippen LogP contribution in [0.2, 0.25) is 0 Å². The van der Waals surface area contributed by atoms with Crippen LogP contribution in [0.25, 0.3) is 0 Å². The predicted octanol–water partition coefficient (Wildman–Crippen LogP) is 3.37. The van der Waals surface area contributed by atoms with Crippen LogP contribution in [0.4, 0.5) is 0 Å². The van der Waals surface area contributed by atoms with E-state index in [2.05, 4.69) is 5.32 Å². The summed E-state index contributed by atoms with van der Waals surface area (Å²) in [5.74, 6) is 1.22. The van der Waals surface area contributed by atoms with Gasteiger partial charge in [0.2, 0.25) is 5.91 Å².